The van der Waals surface area contributed by atoms with Crippen LogP contribution in [0.1, 0.15) is 57.2 Å². The largest absolute Gasteiger partial charge is 0.464 e. The van der Waals surface area contributed by atoms with E-state index in [1.54, 1.807) is 20.8 Å². The number of benzene rings is 1. The van der Waals surface area contributed by atoms with Gasteiger partial charge in [-0.25, -0.2) is 9.59 Å². The maximum Gasteiger partial charge on any atom is 0.408 e. The minimum Gasteiger partial charge on any atom is -0.464 e. The Hall–Kier alpha value is -2.04. The number of rotatable bonds is 7. The molecule has 1 amide bonds. The lowest BCUT2D eigenvalue weighted by atomic mass is 10.0. The monoisotopic (exact) mass is 349 g/mol. The van der Waals surface area contributed by atoms with Crippen molar-refractivity contribution in [1.29, 1.82) is 0 Å². The Kier molecular flexibility index (Phi) is 7.94. The molecule has 0 bridgehead atoms. The summed E-state index contributed by atoms with van der Waals surface area (Å²) in [5, 5.41) is 2.65. The summed E-state index contributed by atoms with van der Waals surface area (Å²) in [7, 11) is 0. The fourth-order valence-electron chi connectivity index (χ4n) is 2.23. The molecule has 1 atom stereocenters. The van der Waals surface area contributed by atoms with Gasteiger partial charge in [-0.3, -0.25) is 0 Å². The Labute approximate surface area is 151 Å². The van der Waals surface area contributed by atoms with Crippen molar-refractivity contribution in [1.82, 2.24) is 5.32 Å². The van der Waals surface area contributed by atoms with Crippen LogP contribution in [0.5, 0.6) is 0 Å². The van der Waals surface area contributed by atoms with Crippen molar-refractivity contribution >= 4 is 12.1 Å². The molecule has 1 aromatic rings. The Morgan fingerprint density at radius 2 is 1.84 bits per heavy atom. The number of hydrogen-bond acceptors (Lipinski definition) is 4. The fraction of sp³-hybridized carbons (Fsp3) is 0.600. The van der Waals surface area contributed by atoms with Crippen LogP contribution in [0.3, 0.4) is 0 Å². The summed E-state index contributed by atoms with van der Waals surface area (Å²) in [4.78, 5) is 24.5. The van der Waals surface area contributed by atoms with E-state index in [0.29, 0.717) is 13.0 Å². The number of ether oxygens (including phenoxy) is 2. The van der Waals surface area contributed by atoms with Crippen molar-refractivity contribution in [3.8, 4) is 0 Å². The average molecular weight is 349 g/mol. The van der Waals surface area contributed by atoms with Crippen molar-refractivity contribution in [2.24, 2.45) is 0 Å². The number of nitrogens with one attached hydrogen (secondary N) is 1. The lowest BCUT2D eigenvalue weighted by molar-refractivity contribution is -0.146. The van der Waals surface area contributed by atoms with Gasteiger partial charge in [0.1, 0.15) is 11.6 Å². The van der Waals surface area contributed by atoms with Gasteiger partial charge in [-0.1, -0.05) is 31.5 Å². The third kappa shape index (κ3) is 8.05. The van der Waals surface area contributed by atoms with Crippen LogP contribution in [0.2, 0.25) is 0 Å². The third-order valence-electron chi connectivity index (χ3n) is 3.73. The second kappa shape index (κ2) is 9.44. The lowest BCUT2D eigenvalue weighted by Gasteiger charge is -2.23. The van der Waals surface area contributed by atoms with E-state index >= 15 is 0 Å². The molecular formula is C20H31NO4. The third-order valence-corrected chi connectivity index (χ3v) is 3.73. The Morgan fingerprint density at radius 3 is 2.40 bits per heavy atom. The maximum atomic E-state index is 12.4. The SMILES string of the molecule is CCCCOC(=O)[C@H](Cc1ccc(C)c(C)c1)NC(=O)OC(C)(C)C. The molecule has 1 rings (SSSR count). The number of unbranched alkanes of at least 4 members (excludes halogenated alkanes) is 1. The molecule has 0 heterocycles. The quantitative estimate of drug-likeness (QED) is 0.595. The molecule has 5 heteroatoms. The summed E-state index contributed by atoms with van der Waals surface area (Å²) >= 11 is 0. The number of hydrogen-bond donors (Lipinski definition) is 1. The summed E-state index contributed by atoms with van der Waals surface area (Å²) < 4.78 is 10.6. The van der Waals surface area contributed by atoms with Crippen LogP contribution in [0.4, 0.5) is 4.79 Å². The van der Waals surface area contributed by atoms with E-state index in [-0.39, 0.29) is 0 Å². The molecule has 5 nitrogen and oxygen atoms in total. The van der Waals surface area contributed by atoms with Crippen LogP contribution in [0.25, 0.3) is 0 Å². The molecule has 0 aliphatic rings. The van der Waals surface area contributed by atoms with Crippen molar-refractivity contribution < 1.29 is 19.1 Å². The minimum absolute atomic E-state index is 0.356. The van der Waals surface area contributed by atoms with Crippen LogP contribution in [0, 0.1) is 13.8 Å². The van der Waals surface area contributed by atoms with Gasteiger partial charge >= 0.3 is 12.1 Å². The van der Waals surface area contributed by atoms with E-state index in [9.17, 15) is 9.59 Å². The Balaban J connectivity index is 2.84. The molecule has 0 aliphatic carbocycles. The number of alkyl carbamates (subject to hydrolysis) is 1. The summed E-state index contributed by atoms with van der Waals surface area (Å²) in [6.45, 7) is 11.8. The van der Waals surface area contributed by atoms with Crippen LogP contribution in [-0.2, 0) is 20.7 Å². The van der Waals surface area contributed by atoms with Crippen LogP contribution >= 0.6 is 0 Å². The number of esters is 1. The summed E-state index contributed by atoms with van der Waals surface area (Å²) in [6, 6.07) is 5.23. The van der Waals surface area contributed by atoms with E-state index in [4.69, 9.17) is 9.47 Å². The summed E-state index contributed by atoms with van der Waals surface area (Å²) in [5.74, 6) is -0.433. The number of aryl methyl sites for hydroxylation is 2. The highest BCUT2D eigenvalue weighted by Gasteiger charge is 2.26. The molecule has 0 saturated carbocycles. The zero-order chi connectivity index (χ0) is 19.0. The molecule has 0 spiro atoms. The average Bonchev–Trinajstić information content (AvgIpc) is 2.48. The van der Waals surface area contributed by atoms with Gasteiger partial charge < -0.3 is 14.8 Å². The second-order valence-electron chi connectivity index (χ2n) is 7.34. The van der Waals surface area contributed by atoms with Crippen LogP contribution in [-0.4, -0.2) is 30.3 Å². The van der Waals surface area contributed by atoms with Gasteiger partial charge in [0.25, 0.3) is 0 Å². The molecule has 0 saturated heterocycles. The van der Waals surface area contributed by atoms with Crippen molar-refractivity contribution in [3.05, 3.63) is 34.9 Å². The summed E-state index contributed by atoms with van der Waals surface area (Å²) in [6.07, 6.45) is 1.49. The van der Waals surface area contributed by atoms with Crippen molar-refractivity contribution in [2.45, 2.75) is 72.4 Å². The molecule has 1 aromatic carbocycles. The van der Waals surface area contributed by atoms with Gasteiger partial charge in [-0.05, 0) is 57.7 Å². The molecule has 0 radical (unpaired) electrons. The molecule has 0 fully saturated rings. The molecule has 1 N–H and O–H groups in total. The molecule has 0 unspecified atom stereocenters. The van der Waals surface area contributed by atoms with Crippen molar-refractivity contribution in [3.63, 3.8) is 0 Å². The van der Waals surface area contributed by atoms with E-state index < -0.39 is 23.7 Å². The molecular weight excluding hydrogens is 318 g/mol. The number of amides is 1. The van der Waals surface area contributed by atoms with Gasteiger partial charge in [0.15, 0.2) is 0 Å². The van der Waals surface area contributed by atoms with Gasteiger partial charge in [-0.15, -0.1) is 0 Å². The second-order valence-corrected chi connectivity index (χ2v) is 7.34. The van der Waals surface area contributed by atoms with Crippen molar-refractivity contribution in [2.75, 3.05) is 6.61 Å². The normalized spacial score (nSPS) is 12.4. The van der Waals surface area contributed by atoms with Gasteiger partial charge in [0.05, 0.1) is 6.61 Å². The zero-order valence-corrected chi connectivity index (χ0v) is 16.3. The highest BCUT2D eigenvalue weighted by atomic mass is 16.6. The fourth-order valence-corrected chi connectivity index (χ4v) is 2.23. The smallest absolute Gasteiger partial charge is 0.408 e. The molecule has 25 heavy (non-hydrogen) atoms. The van der Waals surface area contributed by atoms with Gasteiger partial charge in [0.2, 0.25) is 0 Å². The Bertz CT molecular complexity index is 590. The summed E-state index contributed by atoms with van der Waals surface area (Å²) in [5.41, 5.74) is 2.68. The first-order valence-corrected chi connectivity index (χ1v) is 8.84. The maximum absolute atomic E-state index is 12.4. The first kappa shape index (κ1) is 21.0. The van der Waals surface area contributed by atoms with Crippen LogP contribution < -0.4 is 5.32 Å². The minimum atomic E-state index is -0.770. The first-order chi connectivity index (χ1) is 11.6. The van der Waals surface area contributed by atoms with E-state index in [1.165, 1.54) is 5.56 Å². The predicted octanol–water partition coefficient (Wildman–Crippen LogP) is 4.08. The lowest BCUT2D eigenvalue weighted by Crippen LogP contribution is -2.45. The number of carbonyl (C=O) groups excluding carboxylic acids is 2. The standard InChI is InChI=1S/C20H31NO4/c1-7-8-11-24-18(22)17(21-19(23)25-20(4,5)6)13-16-10-9-14(2)15(3)12-16/h9-10,12,17H,7-8,11,13H2,1-6H3,(H,21,23)/t17-/m0/s1. The zero-order valence-electron chi connectivity index (χ0n) is 16.3. The Morgan fingerprint density at radius 1 is 1.16 bits per heavy atom. The highest BCUT2D eigenvalue weighted by molar-refractivity contribution is 5.81. The topological polar surface area (TPSA) is 64.6 Å². The highest BCUT2D eigenvalue weighted by Crippen LogP contribution is 2.13. The number of carbonyl (C=O) groups is 2. The van der Waals surface area contributed by atoms with Crippen LogP contribution in [0.15, 0.2) is 18.2 Å². The molecule has 0 aromatic heterocycles. The first-order valence-electron chi connectivity index (χ1n) is 8.84. The molecule has 140 valence electrons. The van der Waals surface area contributed by atoms with Gasteiger partial charge in [-0.2, -0.15) is 0 Å². The van der Waals surface area contributed by atoms with E-state index in [2.05, 4.69) is 5.32 Å². The van der Waals surface area contributed by atoms with Gasteiger partial charge in [0, 0.05) is 6.42 Å². The van der Waals surface area contributed by atoms with E-state index in [1.807, 2.05) is 39.0 Å². The van der Waals surface area contributed by atoms with E-state index in [0.717, 1.165) is 24.0 Å². The molecule has 0 aliphatic heterocycles. The predicted molar refractivity (Wildman–Crippen MR) is 98.6 cm³/mol.